The zero-order valence-corrected chi connectivity index (χ0v) is 11.1. The van der Waals surface area contributed by atoms with Gasteiger partial charge in [0.2, 0.25) is 0 Å². The SMILES string of the molecule is COCCCOCCNc1cccc(C)c1C. The van der Waals surface area contributed by atoms with Crippen molar-refractivity contribution in [3.63, 3.8) is 0 Å². The Morgan fingerprint density at radius 1 is 1.12 bits per heavy atom. The van der Waals surface area contributed by atoms with Crippen LogP contribution < -0.4 is 5.32 Å². The lowest BCUT2D eigenvalue weighted by molar-refractivity contribution is 0.109. The van der Waals surface area contributed by atoms with E-state index in [-0.39, 0.29) is 0 Å². The normalized spacial score (nSPS) is 10.5. The van der Waals surface area contributed by atoms with Crippen LogP contribution in [0.2, 0.25) is 0 Å². The predicted octanol–water partition coefficient (Wildman–Crippen LogP) is 2.77. The third kappa shape index (κ3) is 5.20. The van der Waals surface area contributed by atoms with Crippen LogP contribution in [-0.4, -0.2) is 33.5 Å². The van der Waals surface area contributed by atoms with Crippen LogP contribution in [0.25, 0.3) is 0 Å². The van der Waals surface area contributed by atoms with E-state index in [9.17, 15) is 0 Å². The predicted molar refractivity (Wildman–Crippen MR) is 71.7 cm³/mol. The van der Waals surface area contributed by atoms with E-state index in [2.05, 4.69) is 37.4 Å². The lowest BCUT2D eigenvalue weighted by Crippen LogP contribution is -2.11. The Balaban J connectivity index is 2.16. The number of hydrogen-bond donors (Lipinski definition) is 1. The topological polar surface area (TPSA) is 30.5 Å². The van der Waals surface area contributed by atoms with Crippen molar-refractivity contribution in [3.05, 3.63) is 29.3 Å². The molecule has 0 radical (unpaired) electrons. The van der Waals surface area contributed by atoms with Gasteiger partial charge in [0.05, 0.1) is 6.61 Å². The summed E-state index contributed by atoms with van der Waals surface area (Å²) in [6.45, 7) is 7.37. The summed E-state index contributed by atoms with van der Waals surface area (Å²) in [5, 5.41) is 3.39. The van der Waals surface area contributed by atoms with E-state index in [0.29, 0.717) is 0 Å². The Labute approximate surface area is 104 Å². The van der Waals surface area contributed by atoms with E-state index in [1.54, 1.807) is 7.11 Å². The summed E-state index contributed by atoms with van der Waals surface area (Å²) in [6.07, 6.45) is 0.958. The fourth-order valence-corrected chi connectivity index (χ4v) is 1.61. The molecule has 0 aliphatic carbocycles. The summed E-state index contributed by atoms with van der Waals surface area (Å²) in [5.74, 6) is 0. The molecule has 0 atom stereocenters. The molecular formula is C14H23NO2. The number of hydrogen-bond acceptors (Lipinski definition) is 3. The zero-order chi connectivity index (χ0) is 12.5. The molecule has 0 bridgehead atoms. The molecule has 0 heterocycles. The average molecular weight is 237 g/mol. The maximum Gasteiger partial charge on any atom is 0.0639 e. The molecule has 17 heavy (non-hydrogen) atoms. The third-order valence-electron chi connectivity index (χ3n) is 2.80. The summed E-state index contributed by atoms with van der Waals surface area (Å²) in [5.41, 5.74) is 3.83. The minimum absolute atomic E-state index is 0.733. The Kier molecular flexibility index (Phi) is 6.67. The first-order chi connectivity index (χ1) is 8.25. The number of benzene rings is 1. The molecule has 0 aromatic heterocycles. The highest BCUT2D eigenvalue weighted by Crippen LogP contribution is 2.17. The monoisotopic (exact) mass is 237 g/mol. The highest BCUT2D eigenvalue weighted by atomic mass is 16.5. The molecule has 0 aliphatic rings. The fraction of sp³-hybridized carbons (Fsp3) is 0.571. The molecule has 0 saturated heterocycles. The molecule has 1 aromatic rings. The zero-order valence-electron chi connectivity index (χ0n) is 11.1. The number of methoxy groups -OCH3 is 1. The lowest BCUT2D eigenvalue weighted by Gasteiger charge is -2.11. The molecule has 1 aromatic carbocycles. The van der Waals surface area contributed by atoms with Gasteiger partial charge in [0, 0.05) is 32.6 Å². The molecule has 96 valence electrons. The van der Waals surface area contributed by atoms with Gasteiger partial charge in [0.25, 0.3) is 0 Å². The molecule has 0 saturated carbocycles. The van der Waals surface area contributed by atoms with Gasteiger partial charge in [-0.1, -0.05) is 12.1 Å². The highest BCUT2D eigenvalue weighted by Gasteiger charge is 1.99. The van der Waals surface area contributed by atoms with E-state index in [1.165, 1.54) is 16.8 Å². The van der Waals surface area contributed by atoms with Crippen molar-refractivity contribution in [3.8, 4) is 0 Å². The first kappa shape index (κ1) is 14.0. The molecule has 0 amide bonds. The van der Waals surface area contributed by atoms with Gasteiger partial charge in [-0.2, -0.15) is 0 Å². The Morgan fingerprint density at radius 3 is 2.71 bits per heavy atom. The summed E-state index contributed by atoms with van der Waals surface area (Å²) >= 11 is 0. The molecular weight excluding hydrogens is 214 g/mol. The van der Waals surface area contributed by atoms with E-state index < -0.39 is 0 Å². The van der Waals surface area contributed by atoms with Crippen molar-refractivity contribution in [2.45, 2.75) is 20.3 Å². The smallest absolute Gasteiger partial charge is 0.0639 e. The van der Waals surface area contributed by atoms with Crippen LogP contribution in [0.15, 0.2) is 18.2 Å². The van der Waals surface area contributed by atoms with Gasteiger partial charge in [-0.25, -0.2) is 0 Å². The maximum absolute atomic E-state index is 5.49. The summed E-state index contributed by atoms with van der Waals surface area (Å²) in [4.78, 5) is 0. The maximum atomic E-state index is 5.49. The number of rotatable bonds is 8. The van der Waals surface area contributed by atoms with Crippen molar-refractivity contribution in [1.29, 1.82) is 0 Å². The van der Waals surface area contributed by atoms with E-state index >= 15 is 0 Å². The summed E-state index contributed by atoms with van der Waals surface area (Å²) in [7, 11) is 1.71. The second-order valence-electron chi connectivity index (χ2n) is 4.13. The Bertz CT molecular complexity index is 326. The molecule has 3 nitrogen and oxygen atoms in total. The van der Waals surface area contributed by atoms with Crippen LogP contribution in [0.3, 0.4) is 0 Å². The van der Waals surface area contributed by atoms with E-state index in [0.717, 1.165) is 32.8 Å². The van der Waals surface area contributed by atoms with Crippen LogP contribution in [0.1, 0.15) is 17.5 Å². The largest absolute Gasteiger partial charge is 0.385 e. The first-order valence-electron chi connectivity index (χ1n) is 6.12. The Hall–Kier alpha value is -1.06. The van der Waals surface area contributed by atoms with Gasteiger partial charge >= 0.3 is 0 Å². The number of aryl methyl sites for hydroxylation is 1. The molecule has 0 spiro atoms. The van der Waals surface area contributed by atoms with Crippen molar-refractivity contribution >= 4 is 5.69 Å². The molecule has 1 rings (SSSR count). The van der Waals surface area contributed by atoms with Crippen LogP contribution in [0.5, 0.6) is 0 Å². The van der Waals surface area contributed by atoms with Gasteiger partial charge in [-0.15, -0.1) is 0 Å². The average Bonchev–Trinajstić information content (AvgIpc) is 2.33. The van der Waals surface area contributed by atoms with Crippen molar-refractivity contribution in [1.82, 2.24) is 0 Å². The molecule has 0 aliphatic heterocycles. The van der Waals surface area contributed by atoms with Crippen molar-refractivity contribution in [2.75, 3.05) is 38.8 Å². The van der Waals surface area contributed by atoms with Crippen molar-refractivity contribution in [2.24, 2.45) is 0 Å². The van der Waals surface area contributed by atoms with Crippen molar-refractivity contribution < 1.29 is 9.47 Å². The van der Waals surface area contributed by atoms with Crippen LogP contribution in [0.4, 0.5) is 5.69 Å². The third-order valence-corrected chi connectivity index (χ3v) is 2.80. The van der Waals surface area contributed by atoms with Gasteiger partial charge in [-0.05, 0) is 37.5 Å². The quantitative estimate of drug-likeness (QED) is 0.705. The van der Waals surface area contributed by atoms with Crippen LogP contribution in [-0.2, 0) is 9.47 Å². The van der Waals surface area contributed by atoms with Crippen LogP contribution >= 0.6 is 0 Å². The Morgan fingerprint density at radius 2 is 1.94 bits per heavy atom. The number of nitrogens with one attached hydrogen (secondary N) is 1. The molecule has 1 N–H and O–H groups in total. The minimum Gasteiger partial charge on any atom is -0.385 e. The minimum atomic E-state index is 0.733. The van der Waals surface area contributed by atoms with Crippen LogP contribution in [0, 0.1) is 13.8 Å². The van der Waals surface area contributed by atoms with E-state index in [1.807, 2.05) is 0 Å². The molecule has 0 fully saturated rings. The van der Waals surface area contributed by atoms with Gasteiger partial charge < -0.3 is 14.8 Å². The molecule has 0 unspecified atom stereocenters. The van der Waals surface area contributed by atoms with Gasteiger partial charge in [-0.3, -0.25) is 0 Å². The highest BCUT2D eigenvalue weighted by molar-refractivity contribution is 5.53. The summed E-state index contributed by atoms with van der Waals surface area (Å²) in [6, 6.07) is 6.30. The number of ether oxygens (including phenoxy) is 2. The lowest BCUT2D eigenvalue weighted by atomic mass is 10.1. The standard InChI is InChI=1S/C14H23NO2/c1-12-6-4-7-14(13(12)2)15-8-11-17-10-5-9-16-3/h4,6-7,15H,5,8-11H2,1-3H3. The second-order valence-corrected chi connectivity index (χ2v) is 4.13. The second kappa shape index (κ2) is 8.09. The van der Waals surface area contributed by atoms with E-state index in [4.69, 9.17) is 9.47 Å². The number of anilines is 1. The first-order valence-corrected chi connectivity index (χ1v) is 6.12. The fourth-order valence-electron chi connectivity index (χ4n) is 1.61. The van der Waals surface area contributed by atoms with Gasteiger partial charge in [0.15, 0.2) is 0 Å². The molecule has 3 heteroatoms. The summed E-state index contributed by atoms with van der Waals surface area (Å²) < 4.78 is 10.4. The van der Waals surface area contributed by atoms with Gasteiger partial charge in [0.1, 0.15) is 0 Å².